The molecule has 2 aromatic rings. The zero-order valence-corrected chi connectivity index (χ0v) is 14.7. The van der Waals surface area contributed by atoms with Crippen LogP contribution in [-0.4, -0.2) is 15.6 Å². The average Bonchev–Trinajstić information content (AvgIpc) is 2.67. The predicted molar refractivity (Wildman–Crippen MR) is 98.2 cm³/mol. The molecule has 1 aliphatic heterocycles. The van der Waals surface area contributed by atoms with Crippen molar-refractivity contribution < 1.29 is 14.6 Å². The molecule has 0 aliphatic carbocycles. The highest BCUT2D eigenvalue weighted by atomic mass is 16.6. The minimum atomic E-state index is -0.462. The molecule has 8 nitrogen and oxygen atoms in total. The van der Waals surface area contributed by atoms with Crippen LogP contribution in [0.4, 0.5) is 11.4 Å². The average molecular weight is 369 g/mol. The molecule has 3 atom stereocenters. The van der Waals surface area contributed by atoms with Gasteiger partial charge in [-0.1, -0.05) is 31.2 Å². The number of benzene rings is 2. The van der Waals surface area contributed by atoms with Crippen LogP contribution in [0.3, 0.4) is 0 Å². The van der Waals surface area contributed by atoms with Gasteiger partial charge >= 0.3 is 0 Å². The molecule has 8 heteroatoms. The highest BCUT2D eigenvalue weighted by molar-refractivity contribution is 5.83. The van der Waals surface area contributed by atoms with Crippen LogP contribution in [-0.2, 0) is 4.79 Å². The van der Waals surface area contributed by atoms with Crippen LogP contribution in [0.15, 0.2) is 48.5 Å². The molecule has 1 aliphatic rings. The summed E-state index contributed by atoms with van der Waals surface area (Å²) < 4.78 is 0. The third-order valence-electron chi connectivity index (χ3n) is 5.01. The van der Waals surface area contributed by atoms with Crippen molar-refractivity contribution in [1.29, 1.82) is 0 Å². The molecule has 0 bridgehead atoms. The molecule has 27 heavy (non-hydrogen) atoms. The molecule has 0 saturated carbocycles. The zero-order chi connectivity index (χ0) is 19.6. The largest absolute Gasteiger partial charge is 0.302 e. The number of carbonyl (C=O) groups is 1. The van der Waals surface area contributed by atoms with Crippen molar-refractivity contribution in [3.05, 3.63) is 79.9 Å². The second kappa shape index (κ2) is 7.63. The number of nitrogens with one attached hydrogen (secondary N) is 1. The van der Waals surface area contributed by atoms with E-state index in [2.05, 4.69) is 5.32 Å². The summed E-state index contributed by atoms with van der Waals surface area (Å²) in [6.07, 6.45) is 0.959. The Labute approximate surface area is 155 Å². The van der Waals surface area contributed by atoms with Crippen LogP contribution in [0.2, 0.25) is 0 Å². The molecule has 0 aromatic heterocycles. The summed E-state index contributed by atoms with van der Waals surface area (Å²) in [6.45, 7) is 1.94. The van der Waals surface area contributed by atoms with Crippen molar-refractivity contribution in [2.75, 3.05) is 0 Å². The van der Waals surface area contributed by atoms with Gasteiger partial charge in [-0.2, -0.15) is 0 Å². The fourth-order valence-corrected chi connectivity index (χ4v) is 3.57. The lowest BCUT2D eigenvalue weighted by Gasteiger charge is -2.36. The lowest BCUT2D eigenvalue weighted by molar-refractivity contribution is -0.385. The molecule has 1 fully saturated rings. The van der Waals surface area contributed by atoms with Crippen LogP contribution in [0.5, 0.6) is 0 Å². The standard InChI is InChI=1S/C19H19N3O5/c1-2-16-18(23)11-17(12-3-7-14(8-4-12)21(24)25)20-19(16)13-5-9-15(10-6-13)22(26)27/h3-10,16-17,19-20H,2,11H2,1H3/t16-,17-,19+/m1/s1. The normalized spacial score (nSPS) is 22.4. The Morgan fingerprint density at radius 1 is 0.926 bits per heavy atom. The van der Waals surface area contributed by atoms with Crippen molar-refractivity contribution >= 4 is 17.2 Å². The molecular formula is C19H19N3O5. The van der Waals surface area contributed by atoms with Gasteiger partial charge in [0.05, 0.1) is 9.85 Å². The Balaban J connectivity index is 1.88. The first-order valence-electron chi connectivity index (χ1n) is 8.68. The van der Waals surface area contributed by atoms with Crippen LogP contribution >= 0.6 is 0 Å². The van der Waals surface area contributed by atoms with E-state index in [4.69, 9.17) is 0 Å². The lowest BCUT2D eigenvalue weighted by Crippen LogP contribution is -2.42. The van der Waals surface area contributed by atoms with Crippen molar-refractivity contribution in [1.82, 2.24) is 5.32 Å². The molecule has 0 radical (unpaired) electrons. The van der Waals surface area contributed by atoms with Crippen LogP contribution in [0.1, 0.15) is 43.0 Å². The maximum Gasteiger partial charge on any atom is 0.269 e. The molecule has 0 amide bonds. The predicted octanol–water partition coefficient (Wildman–Crippen LogP) is 3.87. The van der Waals surface area contributed by atoms with E-state index in [-0.39, 0.29) is 35.2 Å². The van der Waals surface area contributed by atoms with Crippen molar-refractivity contribution in [2.45, 2.75) is 31.8 Å². The van der Waals surface area contributed by atoms with Gasteiger partial charge in [0.25, 0.3) is 11.4 Å². The van der Waals surface area contributed by atoms with Gasteiger partial charge in [-0.3, -0.25) is 25.0 Å². The van der Waals surface area contributed by atoms with Gasteiger partial charge < -0.3 is 5.32 Å². The summed E-state index contributed by atoms with van der Waals surface area (Å²) in [5.41, 5.74) is 1.61. The molecule has 1 heterocycles. The molecule has 3 rings (SSSR count). The lowest BCUT2D eigenvalue weighted by atomic mass is 9.79. The smallest absolute Gasteiger partial charge is 0.269 e. The van der Waals surface area contributed by atoms with Crippen LogP contribution < -0.4 is 5.32 Å². The molecular weight excluding hydrogens is 350 g/mol. The molecule has 2 aromatic carbocycles. The fraction of sp³-hybridized carbons (Fsp3) is 0.316. The Kier molecular flexibility index (Phi) is 5.27. The summed E-state index contributed by atoms with van der Waals surface area (Å²) in [7, 11) is 0. The van der Waals surface area contributed by atoms with Crippen molar-refractivity contribution in [3.63, 3.8) is 0 Å². The molecule has 0 unspecified atom stereocenters. The van der Waals surface area contributed by atoms with Crippen molar-refractivity contribution in [2.24, 2.45) is 5.92 Å². The Morgan fingerprint density at radius 2 is 1.41 bits per heavy atom. The first kappa shape index (κ1) is 18.7. The summed E-state index contributed by atoms with van der Waals surface area (Å²) >= 11 is 0. The highest BCUT2D eigenvalue weighted by Gasteiger charge is 2.36. The van der Waals surface area contributed by atoms with Crippen molar-refractivity contribution in [3.8, 4) is 0 Å². The Bertz CT molecular complexity index is 864. The van der Waals surface area contributed by atoms with Gasteiger partial charge in [0.2, 0.25) is 0 Å². The maximum absolute atomic E-state index is 12.7. The molecule has 1 N–H and O–H groups in total. The van der Waals surface area contributed by atoms with Gasteiger partial charge in [-0.25, -0.2) is 0 Å². The number of non-ortho nitro benzene ring substituents is 2. The number of nitro benzene ring substituents is 2. The first-order chi connectivity index (χ1) is 12.9. The number of nitro groups is 2. The zero-order valence-electron chi connectivity index (χ0n) is 14.7. The highest BCUT2D eigenvalue weighted by Crippen LogP contribution is 2.37. The van der Waals surface area contributed by atoms with E-state index >= 15 is 0 Å². The Hall–Kier alpha value is -3.13. The van der Waals surface area contributed by atoms with E-state index in [0.717, 1.165) is 11.1 Å². The number of carbonyl (C=O) groups excluding carboxylic acids is 1. The minimum Gasteiger partial charge on any atom is -0.302 e. The third kappa shape index (κ3) is 3.85. The van der Waals surface area contributed by atoms with E-state index in [9.17, 15) is 25.0 Å². The number of Topliss-reactive ketones (excluding diaryl/α,β-unsaturated/α-hetero) is 1. The van der Waals surface area contributed by atoms with E-state index in [0.29, 0.717) is 12.8 Å². The van der Waals surface area contributed by atoms with E-state index in [1.54, 1.807) is 24.3 Å². The number of ketones is 1. The maximum atomic E-state index is 12.7. The molecule has 0 spiro atoms. The van der Waals surface area contributed by atoms with E-state index in [1.807, 2.05) is 6.92 Å². The van der Waals surface area contributed by atoms with E-state index in [1.165, 1.54) is 24.3 Å². The fourth-order valence-electron chi connectivity index (χ4n) is 3.57. The summed E-state index contributed by atoms with van der Waals surface area (Å²) in [4.78, 5) is 33.5. The van der Waals surface area contributed by atoms with Gasteiger partial charge in [0.15, 0.2) is 0 Å². The van der Waals surface area contributed by atoms with Gasteiger partial charge in [0, 0.05) is 48.7 Å². The van der Waals surface area contributed by atoms with E-state index < -0.39 is 9.85 Å². The van der Waals surface area contributed by atoms with Gasteiger partial charge in [0.1, 0.15) is 5.78 Å². The second-order valence-corrected chi connectivity index (χ2v) is 6.58. The second-order valence-electron chi connectivity index (χ2n) is 6.58. The SMILES string of the molecule is CC[C@@H]1C(=O)C[C@H](c2ccc([N+](=O)[O-])cc2)N[C@H]1c1ccc([N+](=O)[O-])cc1. The number of piperidine rings is 1. The third-order valence-corrected chi connectivity index (χ3v) is 5.01. The van der Waals surface area contributed by atoms with Crippen LogP contribution in [0.25, 0.3) is 0 Å². The summed E-state index contributed by atoms with van der Waals surface area (Å²) in [6, 6.07) is 11.8. The molecule has 1 saturated heterocycles. The topological polar surface area (TPSA) is 115 Å². The monoisotopic (exact) mass is 369 g/mol. The van der Waals surface area contributed by atoms with Crippen LogP contribution in [0, 0.1) is 26.1 Å². The number of hydrogen-bond acceptors (Lipinski definition) is 6. The molecule has 140 valence electrons. The summed E-state index contributed by atoms with van der Waals surface area (Å²) in [5.74, 6) is -0.108. The number of nitrogens with zero attached hydrogens (tertiary/aromatic N) is 2. The number of hydrogen-bond donors (Lipinski definition) is 1. The summed E-state index contributed by atoms with van der Waals surface area (Å²) in [5, 5.41) is 25.1. The van der Waals surface area contributed by atoms with Gasteiger partial charge in [-0.05, 0) is 17.5 Å². The van der Waals surface area contributed by atoms with Gasteiger partial charge in [-0.15, -0.1) is 0 Å². The Morgan fingerprint density at radius 3 is 1.85 bits per heavy atom. The minimum absolute atomic E-state index is 0.000704. The quantitative estimate of drug-likeness (QED) is 0.632. The number of rotatable bonds is 5. The first-order valence-corrected chi connectivity index (χ1v) is 8.68.